The van der Waals surface area contributed by atoms with Gasteiger partial charge in [-0.15, -0.1) is 0 Å². The van der Waals surface area contributed by atoms with Crippen molar-refractivity contribution >= 4 is 5.91 Å². The SMILES string of the molecule is Cc1cccc(C[NH+]2CCN(C(=O)c3cnn(C)c3)CC2)c1. The maximum atomic E-state index is 12.4. The number of hydrogen-bond donors (Lipinski definition) is 1. The number of quaternary nitrogens is 1. The lowest BCUT2D eigenvalue weighted by atomic mass is 10.1. The summed E-state index contributed by atoms with van der Waals surface area (Å²) in [5.41, 5.74) is 3.37. The number of piperazine rings is 1. The fraction of sp³-hybridized carbons (Fsp3) is 0.412. The summed E-state index contributed by atoms with van der Waals surface area (Å²) in [7, 11) is 1.83. The topological polar surface area (TPSA) is 42.6 Å². The van der Waals surface area contributed by atoms with Gasteiger partial charge in [-0.3, -0.25) is 9.48 Å². The highest BCUT2D eigenvalue weighted by molar-refractivity contribution is 5.93. The molecule has 1 N–H and O–H groups in total. The van der Waals surface area contributed by atoms with Crippen LogP contribution >= 0.6 is 0 Å². The van der Waals surface area contributed by atoms with E-state index < -0.39 is 0 Å². The zero-order valence-corrected chi connectivity index (χ0v) is 13.2. The van der Waals surface area contributed by atoms with E-state index in [2.05, 4.69) is 36.3 Å². The molecule has 1 saturated heterocycles. The number of hydrogen-bond acceptors (Lipinski definition) is 2. The third kappa shape index (κ3) is 3.36. The summed E-state index contributed by atoms with van der Waals surface area (Å²) in [6, 6.07) is 8.68. The molecule has 0 aliphatic carbocycles. The van der Waals surface area contributed by atoms with E-state index in [0.29, 0.717) is 5.56 Å². The summed E-state index contributed by atoms with van der Waals surface area (Å²) in [6.07, 6.45) is 3.43. The summed E-state index contributed by atoms with van der Waals surface area (Å²) in [5.74, 6) is 0.0997. The Labute approximate surface area is 131 Å². The van der Waals surface area contributed by atoms with Gasteiger partial charge in [0.2, 0.25) is 0 Å². The standard InChI is InChI=1S/C17H22N4O/c1-14-4-3-5-15(10-14)12-20-6-8-21(9-7-20)17(22)16-11-18-19(2)13-16/h3-5,10-11,13H,6-9,12H2,1-2H3/p+1. The van der Waals surface area contributed by atoms with Crippen molar-refractivity contribution in [2.75, 3.05) is 26.2 Å². The van der Waals surface area contributed by atoms with Gasteiger partial charge < -0.3 is 9.80 Å². The van der Waals surface area contributed by atoms with Crippen LogP contribution in [0, 0.1) is 6.92 Å². The monoisotopic (exact) mass is 299 g/mol. The van der Waals surface area contributed by atoms with Gasteiger partial charge in [0.25, 0.3) is 5.91 Å². The Morgan fingerprint density at radius 2 is 2.09 bits per heavy atom. The number of carbonyl (C=O) groups excluding carboxylic acids is 1. The van der Waals surface area contributed by atoms with E-state index in [1.807, 2.05) is 11.9 Å². The lowest BCUT2D eigenvalue weighted by molar-refractivity contribution is -0.917. The van der Waals surface area contributed by atoms with E-state index in [9.17, 15) is 4.79 Å². The van der Waals surface area contributed by atoms with E-state index in [4.69, 9.17) is 0 Å². The molecular weight excluding hydrogens is 276 g/mol. The summed E-state index contributed by atoms with van der Waals surface area (Å²) >= 11 is 0. The van der Waals surface area contributed by atoms with Crippen LogP contribution in [0.4, 0.5) is 0 Å². The lowest BCUT2D eigenvalue weighted by Crippen LogP contribution is -3.13. The third-order valence-corrected chi connectivity index (χ3v) is 4.25. The van der Waals surface area contributed by atoms with Crippen LogP contribution in [0.5, 0.6) is 0 Å². The molecule has 0 spiro atoms. The molecule has 1 amide bonds. The van der Waals surface area contributed by atoms with Gasteiger partial charge in [0.15, 0.2) is 0 Å². The predicted molar refractivity (Wildman–Crippen MR) is 84.7 cm³/mol. The van der Waals surface area contributed by atoms with E-state index >= 15 is 0 Å². The molecule has 1 fully saturated rings. The van der Waals surface area contributed by atoms with Crippen molar-refractivity contribution in [1.29, 1.82) is 0 Å². The molecule has 116 valence electrons. The smallest absolute Gasteiger partial charge is 0.257 e. The summed E-state index contributed by atoms with van der Waals surface area (Å²) in [4.78, 5) is 15.9. The lowest BCUT2D eigenvalue weighted by Gasteiger charge is -2.32. The van der Waals surface area contributed by atoms with Gasteiger partial charge in [-0.05, 0) is 6.92 Å². The molecule has 1 aliphatic rings. The number of benzene rings is 1. The number of nitrogens with zero attached hydrogens (tertiary/aromatic N) is 3. The van der Waals surface area contributed by atoms with Crippen molar-refractivity contribution in [2.24, 2.45) is 7.05 Å². The molecule has 0 saturated carbocycles. The van der Waals surface area contributed by atoms with Gasteiger partial charge in [-0.25, -0.2) is 0 Å². The average Bonchev–Trinajstić information content (AvgIpc) is 2.94. The Morgan fingerprint density at radius 3 is 2.73 bits per heavy atom. The largest absolute Gasteiger partial charge is 0.328 e. The van der Waals surface area contributed by atoms with Crippen LogP contribution in [0.15, 0.2) is 36.7 Å². The zero-order valence-electron chi connectivity index (χ0n) is 13.2. The maximum Gasteiger partial charge on any atom is 0.257 e. The van der Waals surface area contributed by atoms with Crippen LogP contribution in [0.3, 0.4) is 0 Å². The normalized spacial score (nSPS) is 16.0. The van der Waals surface area contributed by atoms with Gasteiger partial charge in [-0.2, -0.15) is 5.10 Å². The summed E-state index contributed by atoms with van der Waals surface area (Å²) in [6.45, 7) is 6.80. The van der Waals surface area contributed by atoms with Crippen LogP contribution in [-0.4, -0.2) is 46.8 Å². The number of aromatic nitrogens is 2. The third-order valence-electron chi connectivity index (χ3n) is 4.25. The summed E-state index contributed by atoms with van der Waals surface area (Å²) in [5, 5.41) is 4.08. The Morgan fingerprint density at radius 1 is 1.32 bits per heavy atom. The minimum Gasteiger partial charge on any atom is -0.328 e. The second kappa shape index (κ2) is 6.32. The molecule has 1 aliphatic heterocycles. The average molecular weight is 299 g/mol. The van der Waals surface area contributed by atoms with Gasteiger partial charge in [0, 0.05) is 18.8 Å². The van der Waals surface area contributed by atoms with Crippen LogP contribution < -0.4 is 4.90 Å². The Kier molecular flexibility index (Phi) is 4.24. The molecule has 5 nitrogen and oxygen atoms in total. The highest BCUT2D eigenvalue weighted by Gasteiger charge is 2.25. The van der Waals surface area contributed by atoms with Crippen molar-refractivity contribution in [1.82, 2.24) is 14.7 Å². The molecule has 0 bridgehead atoms. The molecule has 2 heterocycles. The Hall–Kier alpha value is -2.14. The molecule has 22 heavy (non-hydrogen) atoms. The molecule has 3 rings (SSSR count). The first kappa shape index (κ1) is 14.8. The highest BCUT2D eigenvalue weighted by atomic mass is 16.2. The summed E-state index contributed by atoms with van der Waals surface area (Å²) < 4.78 is 1.67. The quantitative estimate of drug-likeness (QED) is 0.884. The van der Waals surface area contributed by atoms with E-state index in [1.54, 1.807) is 22.0 Å². The van der Waals surface area contributed by atoms with E-state index in [-0.39, 0.29) is 5.91 Å². The molecule has 0 unspecified atom stereocenters. The van der Waals surface area contributed by atoms with Crippen LogP contribution in [0.25, 0.3) is 0 Å². The maximum absolute atomic E-state index is 12.4. The van der Waals surface area contributed by atoms with E-state index in [0.717, 1.165) is 32.7 Å². The first-order valence-corrected chi connectivity index (χ1v) is 7.79. The number of carbonyl (C=O) groups is 1. The predicted octanol–water partition coefficient (Wildman–Crippen LogP) is 0.269. The second-order valence-corrected chi connectivity index (χ2v) is 6.11. The van der Waals surface area contributed by atoms with Gasteiger partial charge >= 0.3 is 0 Å². The minimum absolute atomic E-state index is 0.0997. The molecule has 0 atom stereocenters. The van der Waals surface area contributed by atoms with Crippen LogP contribution in [0.1, 0.15) is 21.5 Å². The van der Waals surface area contributed by atoms with Crippen molar-refractivity contribution in [3.8, 4) is 0 Å². The zero-order chi connectivity index (χ0) is 15.5. The number of rotatable bonds is 3. The van der Waals surface area contributed by atoms with Crippen molar-refractivity contribution < 1.29 is 9.69 Å². The molecule has 0 radical (unpaired) electrons. The Balaban J connectivity index is 1.55. The molecule has 5 heteroatoms. The van der Waals surface area contributed by atoms with Crippen LogP contribution in [-0.2, 0) is 13.6 Å². The Bertz CT molecular complexity index is 656. The van der Waals surface area contributed by atoms with Gasteiger partial charge in [0.05, 0.1) is 37.9 Å². The fourth-order valence-electron chi connectivity index (χ4n) is 3.03. The highest BCUT2D eigenvalue weighted by Crippen LogP contribution is 2.05. The minimum atomic E-state index is 0.0997. The molecule has 1 aromatic carbocycles. The fourth-order valence-corrected chi connectivity index (χ4v) is 3.03. The number of aryl methyl sites for hydroxylation is 2. The number of nitrogens with one attached hydrogen (secondary N) is 1. The number of amides is 1. The van der Waals surface area contributed by atoms with E-state index in [1.165, 1.54) is 11.1 Å². The van der Waals surface area contributed by atoms with Crippen LogP contribution in [0.2, 0.25) is 0 Å². The van der Waals surface area contributed by atoms with Gasteiger partial charge in [0.1, 0.15) is 6.54 Å². The van der Waals surface area contributed by atoms with Gasteiger partial charge in [-0.1, -0.05) is 29.8 Å². The molecular formula is C17H23N4O+. The first-order chi connectivity index (χ1) is 10.6. The molecule has 2 aromatic rings. The first-order valence-electron chi connectivity index (χ1n) is 7.79. The van der Waals surface area contributed by atoms with Crippen molar-refractivity contribution in [3.63, 3.8) is 0 Å². The van der Waals surface area contributed by atoms with Crippen molar-refractivity contribution in [3.05, 3.63) is 53.3 Å². The molecule has 1 aromatic heterocycles. The van der Waals surface area contributed by atoms with Crippen molar-refractivity contribution in [2.45, 2.75) is 13.5 Å². The second-order valence-electron chi connectivity index (χ2n) is 6.11.